The fourth-order valence-corrected chi connectivity index (χ4v) is 5.28. The lowest BCUT2D eigenvalue weighted by Crippen LogP contribution is -2.53. The van der Waals surface area contributed by atoms with E-state index in [1.54, 1.807) is 24.8 Å². The number of sulfonamides is 1. The number of aryl methyl sites for hydroxylation is 1. The zero-order chi connectivity index (χ0) is 21.3. The average molecular weight is 424 g/mol. The van der Waals surface area contributed by atoms with Gasteiger partial charge in [0.05, 0.1) is 17.0 Å². The van der Waals surface area contributed by atoms with E-state index in [4.69, 9.17) is 5.11 Å². The van der Waals surface area contributed by atoms with Gasteiger partial charge in [-0.25, -0.2) is 17.2 Å². The number of anilines is 1. The Morgan fingerprint density at radius 1 is 1.17 bits per heavy atom. The van der Waals surface area contributed by atoms with Crippen LogP contribution in [-0.4, -0.2) is 49.5 Å². The molecule has 1 atom stereocenters. The van der Waals surface area contributed by atoms with Gasteiger partial charge in [0.2, 0.25) is 10.0 Å². The second-order valence-corrected chi connectivity index (χ2v) is 9.16. The molecule has 156 valence electrons. The van der Waals surface area contributed by atoms with Crippen molar-refractivity contribution in [3.63, 3.8) is 0 Å². The maximum Gasteiger partial charge on any atom is 0.307 e. The Balaban J connectivity index is 1.83. The first-order valence-corrected chi connectivity index (χ1v) is 10.6. The number of halogens is 2. The maximum absolute atomic E-state index is 14.1. The van der Waals surface area contributed by atoms with Crippen LogP contribution in [0.4, 0.5) is 14.5 Å². The van der Waals surface area contributed by atoms with Gasteiger partial charge in [0.1, 0.15) is 11.6 Å². The summed E-state index contributed by atoms with van der Waals surface area (Å²) in [6.07, 6.45) is -0.266. The molecular formula is C20H22F2N2O4S. The number of aliphatic carboxylic acids is 1. The predicted octanol–water partition coefficient (Wildman–Crippen LogP) is 2.80. The third kappa shape index (κ3) is 4.56. The third-order valence-corrected chi connectivity index (χ3v) is 6.76. The fourth-order valence-electron chi connectivity index (χ4n) is 3.61. The van der Waals surface area contributed by atoms with Crippen LogP contribution >= 0.6 is 0 Å². The summed E-state index contributed by atoms with van der Waals surface area (Å²) in [6, 6.07) is 7.54. The van der Waals surface area contributed by atoms with Gasteiger partial charge in [-0.3, -0.25) is 4.79 Å². The van der Waals surface area contributed by atoms with E-state index < -0.39 is 27.6 Å². The fraction of sp³-hybridized carbons (Fsp3) is 0.350. The zero-order valence-electron chi connectivity index (χ0n) is 16.1. The van der Waals surface area contributed by atoms with E-state index in [2.05, 4.69) is 0 Å². The van der Waals surface area contributed by atoms with Crippen molar-refractivity contribution in [1.82, 2.24) is 4.31 Å². The van der Waals surface area contributed by atoms with Crippen molar-refractivity contribution in [1.29, 1.82) is 0 Å². The second kappa shape index (κ2) is 8.08. The molecule has 1 aliphatic heterocycles. The van der Waals surface area contributed by atoms with Gasteiger partial charge >= 0.3 is 5.97 Å². The minimum absolute atomic E-state index is 0.0439. The molecule has 1 N–H and O–H groups in total. The van der Waals surface area contributed by atoms with E-state index in [0.29, 0.717) is 11.1 Å². The molecule has 0 saturated carbocycles. The number of benzene rings is 2. The highest BCUT2D eigenvalue weighted by atomic mass is 32.2. The van der Waals surface area contributed by atoms with Crippen LogP contribution in [0.15, 0.2) is 41.3 Å². The van der Waals surface area contributed by atoms with E-state index in [1.165, 1.54) is 28.6 Å². The maximum atomic E-state index is 14.1. The Morgan fingerprint density at radius 2 is 1.90 bits per heavy atom. The van der Waals surface area contributed by atoms with E-state index in [9.17, 15) is 22.0 Å². The van der Waals surface area contributed by atoms with E-state index >= 15 is 0 Å². The standard InChI is InChI=1S/C20H22F2N2O4S/c1-13-7-15(10-20(25)26)9-17(8-13)29(27,28)23-5-6-24(14(2)12-23)19-4-3-16(21)11-18(19)22/h3-4,7-9,11,14H,5-6,10,12H2,1-2H3,(H,25,26). The lowest BCUT2D eigenvalue weighted by Gasteiger charge is -2.40. The van der Waals surface area contributed by atoms with Gasteiger partial charge in [0.25, 0.3) is 0 Å². The topological polar surface area (TPSA) is 77.9 Å². The van der Waals surface area contributed by atoms with Crippen LogP contribution in [0.1, 0.15) is 18.1 Å². The smallest absolute Gasteiger partial charge is 0.307 e. The molecular weight excluding hydrogens is 402 g/mol. The van der Waals surface area contributed by atoms with E-state index in [0.717, 1.165) is 6.07 Å². The molecule has 0 radical (unpaired) electrons. The van der Waals surface area contributed by atoms with Crippen molar-refractivity contribution < 1.29 is 27.1 Å². The van der Waals surface area contributed by atoms with Crippen molar-refractivity contribution in [3.05, 3.63) is 59.2 Å². The highest BCUT2D eigenvalue weighted by Gasteiger charge is 2.33. The summed E-state index contributed by atoms with van der Waals surface area (Å²) >= 11 is 0. The Kier molecular flexibility index (Phi) is 5.90. The monoisotopic (exact) mass is 424 g/mol. The highest BCUT2D eigenvalue weighted by Crippen LogP contribution is 2.27. The number of piperazine rings is 1. The Hall–Kier alpha value is -2.52. The molecule has 0 amide bonds. The molecule has 29 heavy (non-hydrogen) atoms. The molecule has 0 aliphatic carbocycles. The zero-order valence-corrected chi connectivity index (χ0v) is 16.9. The van der Waals surface area contributed by atoms with Crippen molar-refractivity contribution >= 4 is 21.7 Å². The third-order valence-electron chi connectivity index (χ3n) is 4.91. The molecule has 1 fully saturated rings. The average Bonchev–Trinajstić information content (AvgIpc) is 2.61. The number of hydrogen-bond acceptors (Lipinski definition) is 4. The van der Waals surface area contributed by atoms with E-state index in [-0.39, 0.29) is 42.7 Å². The first-order valence-electron chi connectivity index (χ1n) is 9.12. The minimum Gasteiger partial charge on any atom is -0.481 e. The van der Waals surface area contributed by atoms with Gasteiger partial charge in [0, 0.05) is 31.7 Å². The van der Waals surface area contributed by atoms with Crippen LogP contribution in [0.25, 0.3) is 0 Å². The predicted molar refractivity (Wildman–Crippen MR) is 104 cm³/mol. The summed E-state index contributed by atoms with van der Waals surface area (Å²) in [7, 11) is -3.84. The number of hydrogen-bond donors (Lipinski definition) is 1. The Morgan fingerprint density at radius 3 is 2.52 bits per heavy atom. The molecule has 0 spiro atoms. The van der Waals surface area contributed by atoms with Crippen LogP contribution in [0.5, 0.6) is 0 Å². The SMILES string of the molecule is Cc1cc(CC(=O)O)cc(S(=O)(=O)N2CCN(c3ccc(F)cc3F)C(C)C2)c1. The molecule has 6 nitrogen and oxygen atoms in total. The molecule has 2 aromatic rings. The number of carbonyl (C=O) groups is 1. The van der Waals surface area contributed by atoms with Gasteiger partial charge in [-0.15, -0.1) is 0 Å². The van der Waals surface area contributed by atoms with Crippen molar-refractivity contribution in [3.8, 4) is 0 Å². The quantitative estimate of drug-likeness (QED) is 0.799. The molecule has 1 saturated heterocycles. The van der Waals surface area contributed by atoms with Crippen LogP contribution < -0.4 is 4.90 Å². The second-order valence-electron chi connectivity index (χ2n) is 7.23. The molecule has 0 aromatic heterocycles. The van der Waals surface area contributed by atoms with Crippen molar-refractivity contribution in [2.75, 3.05) is 24.5 Å². The largest absolute Gasteiger partial charge is 0.481 e. The summed E-state index contributed by atoms with van der Waals surface area (Å²) in [5.41, 5.74) is 1.30. The van der Waals surface area contributed by atoms with Crippen LogP contribution in [-0.2, 0) is 21.2 Å². The van der Waals surface area contributed by atoms with Crippen LogP contribution in [0.2, 0.25) is 0 Å². The first kappa shape index (κ1) is 21.2. The number of carboxylic acid groups (broad SMARTS) is 1. The molecule has 9 heteroatoms. The van der Waals surface area contributed by atoms with Crippen molar-refractivity contribution in [2.45, 2.75) is 31.2 Å². The normalized spacial score (nSPS) is 18.1. The summed E-state index contributed by atoms with van der Waals surface area (Å²) in [4.78, 5) is 12.7. The van der Waals surface area contributed by atoms with E-state index in [1.807, 2.05) is 0 Å². The highest BCUT2D eigenvalue weighted by molar-refractivity contribution is 7.89. The summed E-state index contributed by atoms with van der Waals surface area (Å²) in [5.74, 6) is -2.40. The Bertz CT molecular complexity index is 1040. The number of rotatable bonds is 5. The van der Waals surface area contributed by atoms with Gasteiger partial charge in [-0.1, -0.05) is 6.07 Å². The summed E-state index contributed by atoms with van der Waals surface area (Å²) in [5, 5.41) is 8.99. The molecule has 1 unspecified atom stereocenters. The van der Waals surface area contributed by atoms with Gasteiger partial charge in [-0.2, -0.15) is 4.31 Å². The van der Waals surface area contributed by atoms with Gasteiger partial charge in [-0.05, 0) is 49.2 Å². The molecule has 1 heterocycles. The minimum atomic E-state index is -3.84. The number of carboxylic acids is 1. The first-order chi connectivity index (χ1) is 13.6. The van der Waals surface area contributed by atoms with Crippen molar-refractivity contribution in [2.24, 2.45) is 0 Å². The molecule has 0 bridgehead atoms. The molecule has 2 aromatic carbocycles. The lowest BCUT2D eigenvalue weighted by atomic mass is 10.1. The molecule has 1 aliphatic rings. The summed E-state index contributed by atoms with van der Waals surface area (Å²) in [6.45, 7) is 3.99. The number of nitrogens with zero attached hydrogens (tertiary/aromatic N) is 2. The molecule has 3 rings (SSSR count). The van der Waals surface area contributed by atoms with Gasteiger partial charge in [0.15, 0.2) is 0 Å². The van der Waals surface area contributed by atoms with Gasteiger partial charge < -0.3 is 10.0 Å². The van der Waals surface area contributed by atoms with Crippen LogP contribution in [0.3, 0.4) is 0 Å². The Labute approximate surface area is 168 Å². The lowest BCUT2D eigenvalue weighted by molar-refractivity contribution is -0.136. The summed E-state index contributed by atoms with van der Waals surface area (Å²) < 4.78 is 54.9. The van der Waals surface area contributed by atoms with Crippen LogP contribution in [0, 0.1) is 18.6 Å².